The number of fused-ring (bicyclic) bond motifs is 1. The molecule has 168 valence electrons. The number of ether oxygens (including phenoxy) is 1. The van der Waals surface area contributed by atoms with Gasteiger partial charge in [0.05, 0.1) is 13.7 Å². The molecule has 2 aromatic rings. The molecule has 0 aromatic heterocycles. The van der Waals surface area contributed by atoms with Crippen molar-refractivity contribution in [3.8, 4) is 5.75 Å². The number of methoxy groups -OCH3 is 1. The third kappa shape index (κ3) is 3.85. The second kappa shape index (κ2) is 8.34. The lowest BCUT2D eigenvalue weighted by Gasteiger charge is -2.47. The largest absolute Gasteiger partial charge is 0.496 e. The van der Waals surface area contributed by atoms with Crippen LogP contribution in [0.4, 0.5) is 10.5 Å². The van der Waals surface area contributed by atoms with E-state index in [0.717, 1.165) is 24.1 Å². The second-order valence-corrected chi connectivity index (χ2v) is 9.18. The molecule has 1 fully saturated rings. The Balaban J connectivity index is 1.69. The van der Waals surface area contributed by atoms with E-state index in [-0.39, 0.29) is 23.7 Å². The van der Waals surface area contributed by atoms with Crippen LogP contribution in [0, 0.1) is 0 Å². The van der Waals surface area contributed by atoms with Gasteiger partial charge >= 0.3 is 6.03 Å². The number of anilines is 1. The SMILES string of the molecule is CCN1c2cc(OC)c(/C=C3/NC(=O)N(Cc4ccccc4)C3=O)cc2C(C)CC1(C)C. The lowest BCUT2D eigenvalue weighted by atomic mass is 9.79. The third-order valence-electron chi connectivity index (χ3n) is 6.50. The van der Waals surface area contributed by atoms with Crippen LogP contribution in [0.2, 0.25) is 0 Å². The molecule has 1 atom stereocenters. The zero-order valence-corrected chi connectivity index (χ0v) is 19.4. The second-order valence-electron chi connectivity index (χ2n) is 9.18. The fraction of sp³-hybridized carbons (Fsp3) is 0.385. The van der Waals surface area contributed by atoms with Gasteiger partial charge in [-0.2, -0.15) is 0 Å². The van der Waals surface area contributed by atoms with E-state index >= 15 is 0 Å². The Morgan fingerprint density at radius 3 is 2.56 bits per heavy atom. The van der Waals surface area contributed by atoms with Crippen LogP contribution >= 0.6 is 0 Å². The maximum Gasteiger partial charge on any atom is 0.329 e. The van der Waals surface area contributed by atoms with Crippen LogP contribution in [0.1, 0.15) is 56.7 Å². The van der Waals surface area contributed by atoms with Crippen molar-refractivity contribution in [3.05, 3.63) is 64.9 Å². The van der Waals surface area contributed by atoms with Crippen molar-refractivity contribution in [1.82, 2.24) is 10.2 Å². The molecule has 2 aliphatic rings. The molecule has 0 spiro atoms. The summed E-state index contributed by atoms with van der Waals surface area (Å²) in [4.78, 5) is 29.1. The Morgan fingerprint density at radius 1 is 1.19 bits per heavy atom. The monoisotopic (exact) mass is 433 g/mol. The molecule has 0 bridgehead atoms. The molecular weight excluding hydrogens is 402 g/mol. The molecule has 4 rings (SSSR count). The van der Waals surface area contributed by atoms with E-state index in [1.54, 1.807) is 13.2 Å². The Hall–Kier alpha value is -3.28. The van der Waals surface area contributed by atoms with Crippen molar-refractivity contribution in [2.24, 2.45) is 0 Å². The molecular formula is C26H31N3O3. The highest BCUT2D eigenvalue weighted by Gasteiger charge is 2.37. The van der Waals surface area contributed by atoms with E-state index in [4.69, 9.17) is 4.74 Å². The van der Waals surface area contributed by atoms with Crippen LogP contribution in [-0.2, 0) is 11.3 Å². The highest BCUT2D eigenvalue weighted by molar-refractivity contribution is 6.14. The van der Waals surface area contributed by atoms with E-state index in [9.17, 15) is 9.59 Å². The van der Waals surface area contributed by atoms with Crippen LogP contribution in [0.5, 0.6) is 5.75 Å². The number of imide groups is 1. The van der Waals surface area contributed by atoms with Crippen molar-refractivity contribution in [3.63, 3.8) is 0 Å². The molecule has 0 aliphatic carbocycles. The summed E-state index contributed by atoms with van der Waals surface area (Å²) >= 11 is 0. The number of carbonyl (C=O) groups is 2. The van der Waals surface area contributed by atoms with Crippen molar-refractivity contribution in [2.75, 3.05) is 18.6 Å². The molecule has 3 amide bonds. The highest BCUT2D eigenvalue weighted by atomic mass is 16.5. The van der Waals surface area contributed by atoms with Crippen LogP contribution in [0.25, 0.3) is 6.08 Å². The number of nitrogens with zero attached hydrogens (tertiary/aromatic N) is 2. The first-order valence-electron chi connectivity index (χ1n) is 11.1. The van der Waals surface area contributed by atoms with Gasteiger partial charge in [0, 0.05) is 29.4 Å². The summed E-state index contributed by atoms with van der Waals surface area (Å²) in [5, 5.41) is 2.73. The lowest BCUT2D eigenvalue weighted by Crippen LogP contribution is -2.48. The molecule has 1 N–H and O–H groups in total. The summed E-state index contributed by atoms with van der Waals surface area (Å²) in [7, 11) is 1.63. The Bertz CT molecular complexity index is 1080. The summed E-state index contributed by atoms with van der Waals surface area (Å²) in [5.41, 5.74) is 4.41. The number of benzene rings is 2. The first-order valence-corrected chi connectivity index (χ1v) is 11.1. The molecule has 0 saturated carbocycles. The minimum Gasteiger partial charge on any atom is -0.496 e. The van der Waals surface area contributed by atoms with Crippen molar-refractivity contribution < 1.29 is 14.3 Å². The molecule has 32 heavy (non-hydrogen) atoms. The van der Waals surface area contributed by atoms with Gasteiger partial charge in [0.1, 0.15) is 11.4 Å². The molecule has 1 saturated heterocycles. The predicted molar refractivity (Wildman–Crippen MR) is 127 cm³/mol. The molecule has 2 aromatic carbocycles. The van der Waals surface area contributed by atoms with Gasteiger partial charge < -0.3 is 15.0 Å². The van der Waals surface area contributed by atoms with Crippen LogP contribution in [0.3, 0.4) is 0 Å². The van der Waals surface area contributed by atoms with Gasteiger partial charge in [-0.3, -0.25) is 9.69 Å². The van der Waals surface area contributed by atoms with Gasteiger partial charge in [0.25, 0.3) is 5.91 Å². The topological polar surface area (TPSA) is 61.9 Å². The Labute approximate surface area is 189 Å². The average Bonchev–Trinajstić information content (AvgIpc) is 3.01. The molecule has 1 unspecified atom stereocenters. The smallest absolute Gasteiger partial charge is 0.329 e. The quantitative estimate of drug-likeness (QED) is 0.538. The molecule has 6 heteroatoms. The number of amides is 3. The van der Waals surface area contributed by atoms with Crippen LogP contribution in [0.15, 0.2) is 48.2 Å². The van der Waals surface area contributed by atoms with Gasteiger partial charge in [-0.15, -0.1) is 0 Å². The first-order chi connectivity index (χ1) is 15.2. The van der Waals surface area contributed by atoms with Gasteiger partial charge in [-0.05, 0) is 56.4 Å². The maximum atomic E-state index is 13.0. The number of rotatable bonds is 5. The van der Waals surface area contributed by atoms with E-state index in [2.05, 4.69) is 50.0 Å². The number of nitrogens with one attached hydrogen (secondary N) is 1. The summed E-state index contributed by atoms with van der Waals surface area (Å²) < 4.78 is 5.69. The van der Waals surface area contributed by atoms with Crippen molar-refractivity contribution >= 4 is 23.7 Å². The van der Waals surface area contributed by atoms with Gasteiger partial charge in [0.2, 0.25) is 0 Å². The van der Waals surface area contributed by atoms with Crippen LogP contribution in [-0.4, -0.2) is 36.0 Å². The number of urea groups is 1. The van der Waals surface area contributed by atoms with Crippen molar-refractivity contribution in [2.45, 2.75) is 52.1 Å². The first kappa shape index (κ1) is 21.9. The van der Waals surface area contributed by atoms with Crippen LogP contribution < -0.4 is 15.0 Å². The van der Waals surface area contributed by atoms with Crippen molar-refractivity contribution in [1.29, 1.82) is 0 Å². The molecule has 2 heterocycles. The zero-order chi connectivity index (χ0) is 23.0. The summed E-state index contributed by atoms with van der Waals surface area (Å²) in [6.07, 6.45) is 2.77. The van der Waals surface area contributed by atoms with E-state index in [1.807, 2.05) is 30.3 Å². The number of carbonyl (C=O) groups excluding carboxylic acids is 2. The number of hydrogen-bond donors (Lipinski definition) is 1. The fourth-order valence-electron chi connectivity index (χ4n) is 5.05. The van der Waals surface area contributed by atoms with Gasteiger partial charge in [-0.1, -0.05) is 37.3 Å². The number of hydrogen-bond acceptors (Lipinski definition) is 4. The zero-order valence-electron chi connectivity index (χ0n) is 19.4. The summed E-state index contributed by atoms with van der Waals surface area (Å²) in [6.45, 7) is 10.1. The predicted octanol–water partition coefficient (Wildman–Crippen LogP) is 4.90. The fourth-order valence-corrected chi connectivity index (χ4v) is 5.05. The Kier molecular flexibility index (Phi) is 5.71. The van der Waals surface area contributed by atoms with E-state index < -0.39 is 6.03 Å². The van der Waals surface area contributed by atoms with Gasteiger partial charge in [0.15, 0.2) is 0 Å². The van der Waals surface area contributed by atoms with E-state index in [1.165, 1.54) is 16.2 Å². The lowest BCUT2D eigenvalue weighted by molar-refractivity contribution is -0.123. The standard InChI is InChI=1S/C26H31N3O3/c1-6-29-22-14-23(32-5)19(12-20(22)17(2)15-26(29,3)4)13-21-24(30)28(25(31)27-21)16-18-10-8-7-9-11-18/h7-14,17H,6,15-16H2,1-5H3,(H,27,31)/b21-13+. The third-order valence-corrected chi connectivity index (χ3v) is 6.50. The highest BCUT2D eigenvalue weighted by Crippen LogP contribution is 2.46. The average molecular weight is 434 g/mol. The maximum absolute atomic E-state index is 13.0. The van der Waals surface area contributed by atoms with Gasteiger partial charge in [-0.25, -0.2) is 4.79 Å². The summed E-state index contributed by atoms with van der Waals surface area (Å²) in [5.74, 6) is 0.723. The summed E-state index contributed by atoms with van der Waals surface area (Å²) in [6, 6.07) is 13.2. The molecule has 6 nitrogen and oxygen atoms in total. The van der Waals surface area contributed by atoms with E-state index in [0.29, 0.717) is 11.7 Å². The Morgan fingerprint density at radius 2 is 1.91 bits per heavy atom. The molecule has 0 radical (unpaired) electrons. The minimum absolute atomic E-state index is 0.0551. The molecule has 2 aliphatic heterocycles. The normalized spacial score (nSPS) is 21.0. The minimum atomic E-state index is -0.408.